The zero-order chi connectivity index (χ0) is 21.6. The van der Waals surface area contributed by atoms with Gasteiger partial charge >= 0.3 is 0 Å². The molecule has 1 atom stereocenters. The summed E-state index contributed by atoms with van der Waals surface area (Å²) in [6.07, 6.45) is 2.21. The van der Waals surface area contributed by atoms with Gasteiger partial charge in [-0.15, -0.1) is 0 Å². The van der Waals surface area contributed by atoms with E-state index in [4.69, 9.17) is 14.2 Å². The molecule has 0 bridgehead atoms. The van der Waals surface area contributed by atoms with Crippen LogP contribution < -0.4 is 10.1 Å². The molecule has 0 radical (unpaired) electrons. The third-order valence-corrected chi connectivity index (χ3v) is 5.95. The van der Waals surface area contributed by atoms with Crippen molar-refractivity contribution in [2.75, 3.05) is 44.8 Å². The zero-order valence-electron chi connectivity index (χ0n) is 17.1. The van der Waals surface area contributed by atoms with Gasteiger partial charge in [-0.25, -0.2) is 0 Å². The molecule has 164 valence electrons. The lowest BCUT2D eigenvalue weighted by atomic mass is 10.1. The maximum absolute atomic E-state index is 12.6. The van der Waals surface area contributed by atoms with Gasteiger partial charge in [-0.1, -0.05) is 0 Å². The lowest BCUT2D eigenvalue weighted by Gasteiger charge is -2.26. The molecule has 2 aliphatic rings. The van der Waals surface area contributed by atoms with Crippen LogP contribution in [0.25, 0.3) is 0 Å². The van der Waals surface area contributed by atoms with E-state index in [9.17, 15) is 9.59 Å². The second-order valence-electron chi connectivity index (χ2n) is 7.53. The molecule has 0 aromatic heterocycles. The number of halogens is 1. The zero-order valence-corrected chi connectivity index (χ0v) is 18.7. The number of morpholine rings is 1. The van der Waals surface area contributed by atoms with Crippen LogP contribution in [0.3, 0.4) is 0 Å². The van der Waals surface area contributed by atoms with E-state index in [0.717, 1.165) is 19.4 Å². The summed E-state index contributed by atoms with van der Waals surface area (Å²) in [5.41, 5.74) is 1.72. The second-order valence-corrected chi connectivity index (χ2v) is 8.38. The van der Waals surface area contributed by atoms with Gasteiger partial charge in [0, 0.05) is 36.5 Å². The highest BCUT2D eigenvalue weighted by molar-refractivity contribution is 9.10. The predicted octanol–water partition coefficient (Wildman–Crippen LogP) is 3.73. The van der Waals surface area contributed by atoms with E-state index in [0.29, 0.717) is 59.9 Å². The minimum Gasteiger partial charge on any atom is -0.490 e. The number of anilines is 1. The minimum absolute atomic E-state index is 0.0244. The smallest absolute Gasteiger partial charge is 0.255 e. The number of carbonyl (C=O) groups excluding carboxylic acids is 2. The summed E-state index contributed by atoms with van der Waals surface area (Å²) in [4.78, 5) is 26.9. The quantitative estimate of drug-likeness (QED) is 0.670. The maximum Gasteiger partial charge on any atom is 0.255 e. The molecule has 7 nitrogen and oxygen atoms in total. The van der Waals surface area contributed by atoms with E-state index in [1.165, 1.54) is 0 Å². The summed E-state index contributed by atoms with van der Waals surface area (Å²) < 4.78 is 17.4. The monoisotopic (exact) mass is 488 g/mol. The highest BCUT2D eigenvalue weighted by Gasteiger charge is 2.19. The first-order valence-electron chi connectivity index (χ1n) is 10.4. The molecule has 2 aromatic rings. The second kappa shape index (κ2) is 10.3. The summed E-state index contributed by atoms with van der Waals surface area (Å²) in [5.74, 6) is 0.417. The van der Waals surface area contributed by atoms with Crippen molar-refractivity contribution < 1.29 is 23.8 Å². The van der Waals surface area contributed by atoms with Crippen molar-refractivity contribution in [1.82, 2.24) is 4.90 Å². The number of rotatable bonds is 6. The van der Waals surface area contributed by atoms with E-state index in [1.807, 2.05) is 0 Å². The van der Waals surface area contributed by atoms with Gasteiger partial charge in [0.15, 0.2) is 0 Å². The number of nitrogens with zero attached hydrogens (tertiary/aromatic N) is 1. The van der Waals surface area contributed by atoms with Crippen molar-refractivity contribution in [1.29, 1.82) is 0 Å². The number of carbonyl (C=O) groups is 2. The predicted molar refractivity (Wildman–Crippen MR) is 120 cm³/mol. The van der Waals surface area contributed by atoms with Crippen LogP contribution in [0.4, 0.5) is 5.69 Å². The van der Waals surface area contributed by atoms with Crippen LogP contribution in [-0.4, -0.2) is 62.3 Å². The first kappa shape index (κ1) is 21.8. The first-order valence-corrected chi connectivity index (χ1v) is 11.2. The van der Waals surface area contributed by atoms with Crippen molar-refractivity contribution in [3.63, 3.8) is 0 Å². The molecule has 4 rings (SSSR count). The van der Waals surface area contributed by atoms with Crippen molar-refractivity contribution >= 4 is 33.4 Å². The Bertz CT molecular complexity index is 922. The Morgan fingerprint density at radius 1 is 1.06 bits per heavy atom. The normalized spacial score (nSPS) is 18.6. The average molecular weight is 489 g/mol. The Hall–Kier alpha value is -2.42. The van der Waals surface area contributed by atoms with Crippen LogP contribution in [0.1, 0.15) is 33.6 Å². The lowest BCUT2D eigenvalue weighted by molar-refractivity contribution is 0.0303. The van der Waals surface area contributed by atoms with Crippen LogP contribution in [-0.2, 0) is 9.47 Å². The van der Waals surface area contributed by atoms with Gasteiger partial charge < -0.3 is 24.4 Å². The third-order valence-electron chi connectivity index (χ3n) is 5.33. The topological polar surface area (TPSA) is 77.1 Å². The van der Waals surface area contributed by atoms with Crippen molar-refractivity contribution in [2.24, 2.45) is 0 Å². The molecule has 0 spiro atoms. The Morgan fingerprint density at radius 2 is 1.81 bits per heavy atom. The van der Waals surface area contributed by atoms with Gasteiger partial charge in [-0.3, -0.25) is 9.59 Å². The fraction of sp³-hybridized carbons (Fsp3) is 0.391. The number of ether oxygens (including phenoxy) is 3. The molecule has 2 amide bonds. The van der Waals surface area contributed by atoms with Gasteiger partial charge in [0.25, 0.3) is 11.8 Å². The molecule has 2 fully saturated rings. The van der Waals surface area contributed by atoms with Crippen LogP contribution in [0, 0.1) is 0 Å². The van der Waals surface area contributed by atoms with Crippen molar-refractivity contribution in [2.45, 2.75) is 18.9 Å². The van der Waals surface area contributed by atoms with Crippen LogP contribution in [0.15, 0.2) is 46.9 Å². The summed E-state index contributed by atoms with van der Waals surface area (Å²) in [6.45, 7) is 3.61. The van der Waals surface area contributed by atoms with Gasteiger partial charge in [0.05, 0.1) is 23.8 Å². The third kappa shape index (κ3) is 5.64. The molecular formula is C23H25BrN2O5. The number of hydrogen-bond donors (Lipinski definition) is 1. The Morgan fingerprint density at radius 3 is 2.48 bits per heavy atom. The van der Waals surface area contributed by atoms with Crippen LogP contribution in [0.5, 0.6) is 5.75 Å². The largest absolute Gasteiger partial charge is 0.490 e. The van der Waals surface area contributed by atoms with Gasteiger partial charge in [0.1, 0.15) is 12.4 Å². The van der Waals surface area contributed by atoms with Crippen LogP contribution >= 0.6 is 15.9 Å². The van der Waals surface area contributed by atoms with Crippen molar-refractivity contribution in [3.05, 3.63) is 58.1 Å². The fourth-order valence-corrected chi connectivity index (χ4v) is 4.06. The highest BCUT2D eigenvalue weighted by atomic mass is 79.9. The molecule has 8 heteroatoms. The fourth-order valence-electron chi connectivity index (χ4n) is 3.57. The van der Waals surface area contributed by atoms with Crippen molar-refractivity contribution in [3.8, 4) is 5.75 Å². The summed E-state index contributed by atoms with van der Waals surface area (Å²) in [5, 5.41) is 2.86. The van der Waals surface area contributed by atoms with E-state index in [1.54, 1.807) is 47.4 Å². The number of nitrogens with one attached hydrogen (secondary N) is 1. The van der Waals surface area contributed by atoms with E-state index in [-0.39, 0.29) is 17.9 Å². The first-order chi connectivity index (χ1) is 15.1. The summed E-state index contributed by atoms with van der Waals surface area (Å²) in [6, 6.07) is 12.2. The molecular weight excluding hydrogens is 464 g/mol. The number of benzene rings is 2. The highest BCUT2D eigenvalue weighted by Crippen LogP contribution is 2.27. The number of amides is 2. The molecule has 0 saturated carbocycles. The van der Waals surface area contributed by atoms with Gasteiger partial charge in [-0.05, 0) is 71.2 Å². The molecule has 1 N–H and O–H groups in total. The maximum atomic E-state index is 12.6. The summed E-state index contributed by atoms with van der Waals surface area (Å²) in [7, 11) is 0. The Labute approximate surface area is 189 Å². The molecule has 2 saturated heterocycles. The standard InChI is InChI=1S/C23H25BrN2O5/c24-20-14-17(5-8-21(20)31-15-19-2-1-11-30-19)22(27)25-18-6-3-16(4-7-18)23(28)26-9-12-29-13-10-26/h3-8,14,19H,1-2,9-13,15H2,(H,25,27). The minimum atomic E-state index is -0.237. The molecule has 0 aliphatic carbocycles. The SMILES string of the molecule is O=C(Nc1ccc(C(=O)N2CCOCC2)cc1)c1ccc(OCC2CCCO2)c(Br)c1. The van der Waals surface area contributed by atoms with Gasteiger partial charge in [-0.2, -0.15) is 0 Å². The average Bonchev–Trinajstić information content (AvgIpc) is 3.32. The molecule has 2 aromatic carbocycles. The van der Waals surface area contributed by atoms with Crippen LogP contribution in [0.2, 0.25) is 0 Å². The van der Waals surface area contributed by atoms with E-state index >= 15 is 0 Å². The Balaban J connectivity index is 1.34. The molecule has 1 unspecified atom stereocenters. The van der Waals surface area contributed by atoms with E-state index < -0.39 is 0 Å². The van der Waals surface area contributed by atoms with Gasteiger partial charge in [0.2, 0.25) is 0 Å². The molecule has 2 heterocycles. The Kier molecular flexibility index (Phi) is 7.21. The number of hydrogen-bond acceptors (Lipinski definition) is 5. The summed E-state index contributed by atoms with van der Waals surface area (Å²) >= 11 is 3.48. The molecule has 2 aliphatic heterocycles. The molecule has 31 heavy (non-hydrogen) atoms. The lowest BCUT2D eigenvalue weighted by Crippen LogP contribution is -2.40. The van der Waals surface area contributed by atoms with E-state index in [2.05, 4.69) is 21.2 Å².